The van der Waals surface area contributed by atoms with E-state index < -0.39 is 5.97 Å². The van der Waals surface area contributed by atoms with Crippen molar-refractivity contribution in [1.29, 1.82) is 0 Å². The first-order valence-corrected chi connectivity index (χ1v) is 4.76. The maximum Gasteiger partial charge on any atom is 0.360 e. The van der Waals surface area contributed by atoms with Gasteiger partial charge in [-0.3, -0.25) is 0 Å². The van der Waals surface area contributed by atoms with E-state index in [2.05, 4.69) is 10.3 Å². The van der Waals surface area contributed by atoms with Gasteiger partial charge in [-0.25, -0.2) is 9.48 Å². The summed E-state index contributed by atoms with van der Waals surface area (Å²) in [6.45, 7) is 4.98. The molecule has 1 heterocycles. The first-order valence-electron chi connectivity index (χ1n) is 4.76. The Bertz CT molecular complexity index is 335. The summed E-state index contributed by atoms with van der Waals surface area (Å²) in [4.78, 5) is 11.4. The van der Waals surface area contributed by atoms with Crippen LogP contribution in [-0.4, -0.2) is 41.3 Å². The molecule has 0 saturated heterocycles. The Kier molecular flexibility index (Phi) is 4.23. The maximum atomic E-state index is 11.4. The van der Waals surface area contributed by atoms with Crippen molar-refractivity contribution in [3.8, 4) is 0 Å². The number of aromatic nitrogens is 3. The molecule has 6 heteroatoms. The van der Waals surface area contributed by atoms with E-state index in [1.165, 1.54) is 0 Å². The third-order valence-corrected chi connectivity index (χ3v) is 1.96. The summed E-state index contributed by atoms with van der Waals surface area (Å²) in [6.07, 6.45) is 0. The van der Waals surface area contributed by atoms with Gasteiger partial charge in [-0.2, -0.15) is 0 Å². The molecule has 1 aromatic rings. The summed E-state index contributed by atoms with van der Waals surface area (Å²) < 4.78 is 11.4. The molecule has 0 unspecified atom stereocenters. The summed E-state index contributed by atoms with van der Waals surface area (Å²) in [5.41, 5.74) is 0.971. The highest BCUT2D eigenvalue weighted by Gasteiger charge is 2.16. The zero-order valence-corrected chi connectivity index (χ0v) is 9.19. The molecule has 84 valence electrons. The molecule has 0 N–H and O–H groups in total. The zero-order valence-electron chi connectivity index (χ0n) is 9.19. The van der Waals surface area contributed by atoms with Crippen molar-refractivity contribution in [2.45, 2.75) is 20.4 Å². The average Bonchev–Trinajstić information content (AvgIpc) is 2.57. The van der Waals surface area contributed by atoms with Crippen LogP contribution >= 0.6 is 0 Å². The van der Waals surface area contributed by atoms with Crippen LogP contribution in [0.3, 0.4) is 0 Å². The molecule has 0 radical (unpaired) electrons. The Labute approximate surface area is 88.2 Å². The van der Waals surface area contributed by atoms with E-state index in [1.54, 1.807) is 25.6 Å². The van der Waals surface area contributed by atoms with Crippen LogP contribution < -0.4 is 0 Å². The monoisotopic (exact) mass is 213 g/mol. The predicted molar refractivity (Wildman–Crippen MR) is 52.6 cm³/mol. The van der Waals surface area contributed by atoms with Crippen molar-refractivity contribution in [2.75, 3.05) is 20.3 Å². The van der Waals surface area contributed by atoms with Crippen LogP contribution in [0.15, 0.2) is 0 Å². The van der Waals surface area contributed by atoms with Crippen molar-refractivity contribution in [2.24, 2.45) is 0 Å². The number of rotatable bonds is 5. The van der Waals surface area contributed by atoms with Crippen molar-refractivity contribution in [3.63, 3.8) is 0 Å². The minimum atomic E-state index is -0.432. The lowest BCUT2D eigenvalue weighted by Gasteiger charge is -2.02. The Morgan fingerprint density at radius 2 is 2.27 bits per heavy atom. The molecule has 0 aliphatic heterocycles. The summed E-state index contributed by atoms with van der Waals surface area (Å²) in [5, 5.41) is 7.61. The number of methoxy groups -OCH3 is 1. The fraction of sp³-hybridized carbons (Fsp3) is 0.667. The third kappa shape index (κ3) is 2.76. The molecular formula is C9H15N3O3. The second-order valence-electron chi connectivity index (χ2n) is 2.96. The fourth-order valence-electron chi connectivity index (χ4n) is 1.14. The highest BCUT2D eigenvalue weighted by atomic mass is 16.5. The van der Waals surface area contributed by atoms with Gasteiger partial charge >= 0.3 is 5.97 Å². The number of carbonyl (C=O) groups is 1. The second-order valence-corrected chi connectivity index (χ2v) is 2.96. The van der Waals surface area contributed by atoms with Crippen LogP contribution in [0.25, 0.3) is 0 Å². The third-order valence-electron chi connectivity index (χ3n) is 1.96. The fourth-order valence-corrected chi connectivity index (χ4v) is 1.14. The lowest BCUT2D eigenvalue weighted by Crippen LogP contribution is -2.10. The van der Waals surface area contributed by atoms with Gasteiger partial charge in [-0.1, -0.05) is 5.21 Å². The molecule has 0 fully saturated rings. The van der Waals surface area contributed by atoms with Gasteiger partial charge in [0.2, 0.25) is 0 Å². The number of hydrogen-bond donors (Lipinski definition) is 0. The largest absolute Gasteiger partial charge is 0.461 e. The molecule has 0 atom stereocenters. The van der Waals surface area contributed by atoms with Gasteiger partial charge < -0.3 is 9.47 Å². The van der Waals surface area contributed by atoms with Crippen LogP contribution in [0.1, 0.15) is 23.1 Å². The Hall–Kier alpha value is -1.43. The van der Waals surface area contributed by atoms with Crippen LogP contribution in [-0.2, 0) is 16.0 Å². The number of carbonyl (C=O) groups excluding carboxylic acids is 1. The number of ether oxygens (including phenoxy) is 2. The van der Waals surface area contributed by atoms with Crippen LogP contribution in [0.2, 0.25) is 0 Å². The molecular weight excluding hydrogens is 198 g/mol. The number of esters is 1. The lowest BCUT2D eigenvalue weighted by molar-refractivity contribution is 0.0518. The Balaban J connectivity index is 2.74. The SMILES string of the molecule is CCOC(=O)c1nnn(CCOC)c1C. The molecule has 0 bridgehead atoms. The zero-order chi connectivity index (χ0) is 11.3. The van der Waals surface area contributed by atoms with Gasteiger partial charge in [0.15, 0.2) is 5.69 Å². The predicted octanol–water partition coefficient (Wildman–Crippen LogP) is 0.410. The van der Waals surface area contributed by atoms with Crippen LogP contribution in [0.5, 0.6) is 0 Å². The summed E-state index contributed by atoms with van der Waals surface area (Å²) >= 11 is 0. The standard InChI is InChI=1S/C9H15N3O3/c1-4-15-9(13)8-7(2)12(11-10-8)5-6-14-3/h4-6H2,1-3H3. The van der Waals surface area contributed by atoms with E-state index in [0.717, 1.165) is 0 Å². The van der Waals surface area contributed by atoms with Crippen molar-refractivity contribution < 1.29 is 14.3 Å². The Morgan fingerprint density at radius 3 is 2.87 bits per heavy atom. The lowest BCUT2D eigenvalue weighted by atomic mass is 10.3. The summed E-state index contributed by atoms with van der Waals surface area (Å²) in [6, 6.07) is 0. The molecule has 0 aromatic carbocycles. The van der Waals surface area contributed by atoms with Gasteiger partial charge in [0.05, 0.1) is 25.5 Å². The Morgan fingerprint density at radius 1 is 1.53 bits per heavy atom. The molecule has 6 nitrogen and oxygen atoms in total. The second kappa shape index (κ2) is 5.45. The summed E-state index contributed by atoms with van der Waals surface area (Å²) in [7, 11) is 1.61. The highest BCUT2D eigenvalue weighted by Crippen LogP contribution is 2.05. The molecule has 1 aromatic heterocycles. The smallest absolute Gasteiger partial charge is 0.360 e. The highest BCUT2D eigenvalue weighted by molar-refractivity contribution is 5.88. The minimum absolute atomic E-state index is 0.271. The van der Waals surface area contributed by atoms with E-state index >= 15 is 0 Å². The van der Waals surface area contributed by atoms with E-state index in [0.29, 0.717) is 25.5 Å². The van der Waals surface area contributed by atoms with Gasteiger partial charge in [0.1, 0.15) is 0 Å². The molecule has 0 saturated carbocycles. The molecule has 15 heavy (non-hydrogen) atoms. The molecule has 0 amide bonds. The van der Waals surface area contributed by atoms with Crippen molar-refractivity contribution >= 4 is 5.97 Å². The minimum Gasteiger partial charge on any atom is -0.461 e. The molecule has 0 spiro atoms. The molecule has 0 aliphatic carbocycles. The number of hydrogen-bond acceptors (Lipinski definition) is 5. The van der Waals surface area contributed by atoms with Crippen LogP contribution in [0, 0.1) is 6.92 Å². The van der Waals surface area contributed by atoms with E-state index in [9.17, 15) is 4.79 Å². The molecule has 0 aliphatic rings. The average molecular weight is 213 g/mol. The van der Waals surface area contributed by atoms with Gasteiger partial charge in [-0.05, 0) is 13.8 Å². The van der Waals surface area contributed by atoms with E-state index in [1.807, 2.05) is 0 Å². The first kappa shape index (κ1) is 11.6. The maximum absolute atomic E-state index is 11.4. The van der Waals surface area contributed by atoms with Crippen molar-refractivity contribution in [1.82, 2.24) is 15.0 Å². The van der Waals surface area contributed by atoms with E-state index in [-0.39, 0.29) is 5.69 Å². The quantitative estimate of drug-likeness (QED) is 0.663. The van der Waals surface area contributed by atoms with E-state index in [4.69, 9.17) is 9.47 Å². The van der Waals surface area contributed by atoms with Gasteiger partial charge in [-0.15, -0.1) is 5.10 Å². The topological polar surface area (TPSA) is 66.2 Å². The molecule has 1 rings (SSSR count). The van der Waals surface area contributed by atoms with Gasteiger partial charge in [0, 0.05) is 7.11 Å². The van der Waals surface area contributed by atoms with Crippen molar-refractivity contribution in [3.05, 3.63) is 11.4 Å². The van der Waals surface area contributed by atoms with Crippen LogP contribution in [0.4, 0.5) is 0 Å². The first-order chi connectivity index (χ1) is 7.20. The van der Waals surface area contributed by atoms with Gasteiger partial charge in [0.25, 0.3) is 0 Å². The number of nitrogens with zero attached hydrogens (tertiary/aromatic N) is 3. The summed E-state index contributed by atoms with van der Waals surface area (Å²) in [5.74, 6) is -0.432. The normalized spacial score (nSPS) is 10.3.